The molecule has 0 saturated heterocycles. The summed E-state index contributed by atoms with van der Waals surface area (Å²) in [6.45, 7) is 1.83. The molecule has 4 N–H and O–H groups in total. The SMILES string of the molecule is Cc1cc(Nc2nccc(N)n2)c(=O)n2c1C(=O)NC21CCCCC1. The summed E-state index contributed by atoms with van der Waals surface area (Å²) in [4.78, 5) is 33.8. The number of hydrogen-bond donors (Lipinski definition) is 3. The summed E-state index contributed by atoms with van der Waals surface area (Å²) in [5, 5.41) is 6.01. The van der Waals surface area contributed by atoms with Gasteiger partial charge >= 0.3 is 0 Å². The second-order valence-electron chi connectivity index (χ2n) is 6.71. The molecule has 3 heterocycles. The standard InChI is InChI=1S/C17H20N6O2/c1-10-9-11(20-16-19-8-5-12(18)21-16)15(25)23-13(10)14(24)22-17(23)6-3-2-4-7-17/h5,8-9H,2-4,6-7H2,1H3,(H,22,24)(H3,18,19,20,21). The number of aromatic nitrogens is 3. The third kappa shape index (κ3) is 2.45. The summed E-state index contributed by atoms with van der Waals surface area (Å²) < 4.78 is 1.64. The first-order valence-electron chi connectivity index (χ1n) is 8.45. The maximum absolute atomic E-state index is 13.1. The number of amides is 1. The van der Waals surface area contributed by atoms with Gasteiger partial charge in [-0.1, -0.05) is 6.42 Å². The van der Waals surface area contributed by atoms with Crippen LogP contribution in [0.1, 0.15) is 48.2 Å². The second-order valence-corrected chi connectivity index (χ2v) is 6.71. The highest BCUT2D eigenvalue weighted by Gasteiger charge is 2.45. The fourth-order valence-electron chi connectivity index (χ4n) is 3.89. The molecule has 0 aromatic carbocycles. The molecule has 1 fully saturated rings. The predicted octanol–water partition coefficient (Wildman–Crippen LogP) is 1.63. The summed E-state index contributed by atoms with van der Waals surface area (Å²) in [5.41, 5.74) is 6.35. The highest BCUT2D eigenvalue weighted by atomic mass is 16.2. The van der Waals surface area contributed by atoms with E-state index in [1.165, 1.54) is 6.20 Å². The number of nitrogens with one attached hydrogen (secondary N) is 2. The van der Waals surface area contributed by atoms with E-state index in [0.717, 1.165) is 37.7 Å². The Kier molecular flexibility index (Phi) is 3.48. The first-order valence-corrected chi connectivity index (χ1v) is 8.45. The minimum absolute atomic E-state index is 0.178. The van der Waals surface area contributed by atoms with Gasteiger partial charge in [0.2, 0.25) is 5.95 Å². The van der Waals surface area contributed by atoms with Crippen LogP contribution in [0, 0.1) is 6.92 Å². The fraction of sp³-hybridized carbons (Fsp3) is 0.412. The molecular weight excluding hydrogens is 320 g/mol. The van der Waals surface area contributed by atoms with Crippen molar-refractivity contribution in [3.8, 4) is 0 Å². The summed E-state index contributed by atoms with van der Waals surface area (Å²) in [6, 6.07) is 3.24. The number of nitrogens with zero attached hydrogens (tertiary/aromatic N) is 3. The van der Waals surface area contributed by atoms with Gasteiger partial charge in [0.1, 0.15) is 22.9 Å². The molecule has 4 rings (SSSR count). The van der Waals surface area contributed by atoms with Gasteiger partial charge < -0.3 is 16.4 Å². The van der Waals surface area contributed by atoms with E-state index in [0.29, 0.717) is 17.2 Å². The van der Waals surface area contributed by atoms with Crippen molar-refractivity contribution in [2.75, 3.05) is 11.1 Å². The van der Waals surface area contributed by atoms with Crippen molar-refractivity contribution in [1.82, 2.24) is 19.9 Å². The van der Waals surface area contributed by atoms with Crippen LogP contribution >= 0.6 is 0 Å². The van der Waals surface area contributed by atoms with E-state index in [2.05, 4.69) is 20.6 Å². The van der Waals surface area contributed by atoms with E-state index >= 15 is 0 Å². The molecule has 1 spiro atoms. The Bertz CT molecular complexity index is 914. The Morgan fingerprint density at radius 3 is 2.76 bits per heavy atom. The Morgan fingerprint density at radius 1 is 1.28 bits per heavy atom. The highest BCUT2D eigenvalue weighted by Crippen LogP contribution is 2.37. The van der Waals surface area contributed by atoms with Crippen LogP contribution in [-0.2, 0) is 5.66 Å². The lowest BCUT2D eigenvalue weighted by Crippen LogP contribution is -2.48. The number of anilines is 3. The number of aryl methyl sites for hydroxylation is 1. The number of rotatable bonds is 2. The van der Waals surface area contributed by atoms with E-state index in [4.69, 9.17) is 5.73 Å². The molecule has 8 heteroatoms. The molecule has 25 heavy (non-hydrogen) atoms. The van der Waals surface area contributed by atoms with Crippen LogP contribution in [0.3, 0.4) is 0 Å². The normalized spacial score (nSPS) is 18.0. The van der Waals surface area contributed by atoms with Crippen LogP contribution in [0.25, 0.3) is 0 Å². The van der Waals surface area contributed by atoms with Gasteiger partial charge in [-0.05, 0) is 50.3 Å². The third-order valence-electron chi connectivity index (χ3n) is 4.99. The van der Waals surface area contributed by atoms with E-state index < -0.39 is 5.66 Å². The Labute approximate surface area is 144 Å². The van der Waals surface area contributed by atoms with Crippen molar-refractivity contribution in [1.29, 1.82) is 0 Å². The molecule has 0 radical (unpaired) electrons. The molecule has 2 aromatic rings. The van der Waals surface area contributed by atoms with Crippen LogP contribution in [0.5, 0.6) is 0 Å². The number of carbonyl (C=O) groups excluding carboxylic acids is 1. The average Bonchev–Trinajstić information content (AvgIpc) is 2.85. The smallest absolute Gasteiger partial charge is 0.276 e. The van der Waals surface area contributed by atoms with Crippen LogP contribution in [-0.4, -0.2) is 20.4 Å². The zero-order valence-corrected chi connectivity index (χ0v) is 14.0. The number of nitrogens with two attached hydrogens (primary N) is 1. The van der Waals surface area contributed by atoms with Gasteiger partial charge in [0, 0.05) is 6.20 Å². The maximum atomic E-state index is 13.1. The molecule has 1 aliphatic heterocycles. The van der Waals surface area contributed by atoms with Crippen molar-refractivity contribution < 1.29 is 4.79 Å². The molecule has 1 aliphatic carbocycles. The van der Waals surface area contributed by atoms with E-state index in [9.17, 15) is 9.59 Å². The van der Waals surface area contributed by atoms with Crippen molar-refractivity contribution in [2.24, 2.45) is 0 Å². The van der Waals surface area contributed by atoms with Crippen LogP contribution in [0.15, 0.2) is 23.1 Å². The molecule has 2 aromatic heterocycles. The quantitative estimate of drug-likeness (QED) is 0.765. The van der Waals surface area contributed by atoms with Gasteiger partial charge in [0.25, 0.3) is 11.5 Å². The zero-order chi connectivity index (χ0) is 17.6. The van der Waals surface area contributed by atoms with Crippen LogP contribution < -0.4 is 21.9 Å². The van der Waals surface area contributed by atoms with Crippen molar-refractivity contribution >= 4 is 23.4 Å². The molecule has 0 unspecified atom stereocenters. The number of hydrogen-bond acceptors (Lipinski definition) is 6. The maximum Gasteiger partial charge on any atom is 0.276 e. The highest BCUT2D eigenvalue weighted by molar-refractivity contribution is 5.97. The van der Waals surface area contributed by atoms with Gasteiger partial charge in [-0.2, -0.15) is 4.98 Å². The minimum atomic E-state index is -0.610. The largest absolute Gasteiger partial charge is 0.384 e. The Hall–Kier alpha value is -2.90. The minimum Gasteiger partial charge on any atom is -0.384 e. The van der Waals surface area contributed by atoms with E-state index in [-0.39, 0.29) is 17.4 Å². The monoisotopic (exact) mass is 340 g/mol. The molecule has 2 aliphatic rings. The molecule has 8 nitrogen and oxygen atoms in total. The summed E-state index contributed by atoms with van der Waals surface area (Å²) >= 11 is 0. The Balaban J connectivity index is 1.84. The Morgan fingerprint density at radius 2 is 2.04 bits per heavy atom. The van der Waals surface area contributed by atoms with Crippen molar-refractivity contribution in [3.05, 3.63) is 39.9 Å². The molecule has 0 atom stereocenters. The van der Waals surface area contributed by atoms with Gasteiger partial charge in [-0.3, -0.25) is 14.2 Å². The molecule has 130 valence electrons. The zero-order valence-electron chi connectivity index (χ0n) is 14.0. The molecule has 0 bridgehead atoms. The summed E-state index contributed by atoms with van der Waals surface area (Å²) in [5.74, 6) is 0.395. The van der Waals surface area contributed by atoms with Crippen LogP contribution in [0.2, 0.25) is 0 Å². The van der Waals surface area contributed by atoms with Gasteiger partial charge in [0.15, 0.2) is 0 Å². The van der Waals surface area contributed by atoms with E-state index in [1.807, 2.05) is 6.92 Å². The summed E-state index contributed by atoms with van der Waals surface area (Å²) in [6.07, 6.45) is 6.15. The van der Waals surface area contributed by atoms with Crippen molar-refractivity contribution in [2.45, 2.75) is 44.7 Å². The van der Waals surface area contributed by atoms with Crippen LogP contribution in [0.4, 0.5) is 17.5 Å². The predicted molar refractivity (Wildman–Crippen MR) is 93.7 cm³/mol. The van der Waals surface area contributed by atoms with Gasteiger partial charge in [-0.15, -0.1) is 0 Å². The van der Waals surface area contributed by atoms with Gasteiger partial charge in [0.05, 0.1) is 0 Å². The second kappa shape index (κ2) is 5.58. The van der Waals surface area contributed by atoms with Crippen molar-refractivity contribution in [3.63, 3.8) is 0 Å². The number of nitrogen functional groups attached to an aromatic ring is 1. The lowest BCUT2D eigenvalue weighted by molar-refractivity contribution is 0.0876. The first kappa shape index (κ1) is 15.6. The average molecular weight is 340 g/mol. The molecular formula is C17H20N6O2. The topological polar surface area (TPSA) is 115 Å². The third-order valence-corrected chi connectivity index (χ3v) is 4.99. The van der Waals surface area contributed by atoms with Gasteiger partial charge in [-0.25, -0.2) is 4.98 Å². The molecule has 1 saturated carbocycles. The number of pyridine rings is 1. The lowest BCUT2D eigenvalue weighted by Gasteiger charge is -2.35. The van der Waals surface area contributed by atoms with E-state index in [1.54, 1.807) is 16.7 Å². The fourth-order valence-corrected chi connectivity index (χ4v) is 3.89. The first-order chi connectivity index (χ1) is 12.0. The lowest BCUT2D eigenvalue weighted by atomic mass is 9.89. The number of carbonyl (C=O) groups is 1. The number of fused-ring (bicyclic) bond motifs is 2. The molecule has 1 amide bonds. The summed E-state index contributed by atoms with van der Waals surface area (Å²) in [7, 11) is 0.